The van der Waals surface area contributed by atoms with Crippen molar-refractivity contribution in [1.29, 1.82) is 0 Å². The van der Waals surface area contributed by atoms with Crippen molar-refractivity contribution in [2.45, 2.75) is 95.3 Å². The van der Waals surface area contributed by atoms with Gasteiger partial charge in [-0.05, 0) is 37.1 Å². The molecule has 1 N–H and O–H groups in total. The van der Waals surface area contributed by atoms with Gasteiger partial charge in [-0.25, -0.2) is 0 Å². The van der Waals surface area contributed by atoms with Gasteiger partial charge in [0.15, 0.2) is 0 Å². The van der Waals surface area contributed by atoms with Crippen LogP contribution in [0.25, 0.3) is 0 Å². The van der Waals surface area contributed by atoms with E-state index >= 15 is 0 Å². The molecule has 0 spiro atoms. The first-order chi connectivity index (χ1) is 15.4. The summed E-state index contributed by atoms with van der Waals surface area (Å²) in [6.45, 7) is 2.25. The number of hydrogen-bond donors (Lipinski definition) is 1. The van der Waals surface area contributed by atoms with Crippen LogP contribution in [0.15, 0.2) is 47.4 Å². The molecule has 0 saturated heterocycles. The van der Waals surface area contributed by atoms with Crippen molar-refractivity contribution in [1.82, 2.24) is 0 Å². The maximum Gasteiger partial charge on any atom is 1.00 e. The second kappa shape index (κ2) is 16.6. The van der Waals surface area contributed by atoms with Crippen molar-refractivity contribution in [3.8, 4) is 17.2 Å². The van der Waals surface area contributed by atoms with E-state index in [0.717, 1.165) is 12.8 Å². The molecule has 0 radical (unpaired) electrons. The normalized spacial score (nSPS) is 11.2. The molecule has 0 unspecified atom stereocenters. The molecule has 0 bridgehead atoms. The van der Waals surface area contributed by atoms with Gasteiger partial charge < -0.3 is 9.84 Å². The number of ether oxygens (including phenoxy) is 1. The van der Waals surface area contributed by atoms with E-state index in [1.54, 1.807) is 12.1 Å². The zero-order chi connectivity index (χ0) is 23.2. The van der Waals surface area contributed by atoms with Crippen molar-refractivity contribution < 1.29 is 52.4 Å². The molecule has 0 amide bonds. The number of aryl methyl sites for hydroxylation is 1. The number of unbranched alkanes of at least 4 members (excludes halogenated alkanes) is 11. The van der Waals surface area contributed by atoms with Gasteiger partial charge >= 0.3 is 29.6 Å². The average molecular weight is 485 g/mol. The van der Waals surface area contributed by atoms with Crippen LogP contribution in [0.3, 0.4) is 0 Å². The minimum absolute atomic E-state index is 0. The first-order valence-corrected chi connectivity index (χ1v) is 13.4. The molecule has 5 nitrogen and oxygen atoms in total. The Balaban J connectivity index is 0.00000544. The molecule has 178 valence electrons. The third-order valence-corrected chi connectivity index (χ3v) is 6.58. The van der Waals surface area contributed by atoms with Crippen LogP contribution >= 0.6 is 0 Å². The Morgan fingerprint density at radius 3 is 1.94 bits per heavy atom. The summed E-state index contributed by atoms with van der Waals surface area (Å²) < 4.78 is 38.1. The minimum Gasteiger partial charge on any atom is -0.872 e. The van der Waals surface area contributed by atoms with Gasteiger partial charge in [0.2, 0.25) is 0 Å². The first-order valence-electron chi connectivity index (χ1n) is 12.0. The van der Waals surface area contributed by atoms with Gasteiger partial charge in [0, 0.05) is 0 Å². The number of benzene rings is 2. The summed E-state index contributed by atoms with van der Waals surface area (Å²) in [5, 5.41) is 12.2. The summed E-state index contributed by atoms with van der Waals surface area (Å²) >= 11 is 0. The second-order valence-electron chi connectivity index (χ2n) is 8.43. The number of para-hydroxylation sites is 1. The molecule has 2 aromatic rings. The predicted octanol–water partition coefficient (Wildman–Crippen LogP) is 4.05. The molecule has 33 heavy (non-hydrogen) atoms. The van der Waals surface area contributed by atoms with E-state index in [-0.39, 0.29) is 46.0 Å². The number of hydrogen-bond acceptors (Lipinski definition) is 4. The van der Waals surface area contributed by atoms with Gasteiger partial charge in [-0.1, -0.05) is 101 Å². The van der Waals surface area contributed by atoms with Crippen molar-refractivity contribution in [3.05, 3.63) is 48.0 Å². The van der Waals surface area contributed by atoms with E-state index in [0.29, 0.717) is 17.7 Å². The maximum atomic E-state index is 12.2. The fourth-order valence-corrected chi connectivity index (χ4v) is 4.46. The van der Waals surface area contributed by atoms with Gasteiger partial charge in [0.05, 0.1) is 0 Å². The number of rotatable bonds is 16. The van der Waals surface area contributed by atoms with Gasteiger partial charge in [-0.15, -0.1) is 5.75 Å². The Hall–Kier alpha value is -1.05. The standard InChI is InChI=1S/C26H38O5S.Na/c1-2-3-4-5-6-7-8-9-10-11-12-13-16-22-21-23(19-20-24(22)27)31-25-17-14-15-18-26(25)32(28,29)30;/h14-15,17-21,27H,2-13,16H2,1H3,(H,28,29,30);/q;+1/p-1. The SMILES string of the molecule is CCCCCCCCCCCCCCc1cc(Oc2ccccc2S(=O)(=O)O)ccc1[O-].[Na+]. The Morgan fingerprint density at radius 1 is 0.818 bits per heavy atom. The van der Waals surface area contributed by atoms with E-state index in [2.05, 4.69) is 6.92 Å². The zero-order valence-electron chi connectivity index (χ0n) is 20.2. The van der Waals surface area contributed by atoms with Gasteiger partial charge in [0.25, 0.3) is 10.1 Å². The van der Waals surface area contributed by atoms with Crippen molar-refractivity contribution >= 4 is 10.1 Å². The first kappa shape index (κ1) is 30.0. The minimum atomic E-state index is -4.39. The van der Waals surface area contributed by atoms with Crippen LogP contribution in [0.2, 0.25) is 0 Å². The Morgan fingerprint density at radius 2 is 1.36 bits per heavy atom. The summed E-state index contributed by atoms with van der Waals surface area (Å²) in [7, 11) is -4.39. The van der Waals surface area contributed by atoms with E-state index in [4.69, 9.17) is 4.74 Å². The molecular weight excluding hydrogens is 447 g/mol. The Bertz CT molecular complexity index is 915. The average Bonchev–Trinajstić information content (AvgIpc) is 2.76. The molecule has 0 saturated carbocycles. The van der Waals surface area contributed by atoms with Crippen molar-refractivity contribution in [2.75, 3.05) is 0 Å². The molecule has 0 aliphatic carbocycles. The van der Waals surface area contributed by atoms with Crippen LogP contribution in [-0.2, 0) is 16.5 Å². The fraction of sp³-hybridized carbons (Fsp3) is 0.538. The topological polar surface area (TPSA) is 86.7 Å². The zero-order valence-corrected chi connectivity index (χ0v) is 23.0. The molecule has 2 aromatic carbocycles. The van der Waals surface area contributed by atoms with Crippen LogP contribution < -0.4 is 39.4 Å². The summed E-state index contributed by atoms with van der Waals surface area (Å²) in [5.41, 5.74) is 0.666. The van der Waals surface area contributed by atoms with Crippen molar-refractivity contribution in [3.63, 3.8) is 0 Å². The summed E-state index contributed by atoms with van der Waals surface area (Å²) in [6, 6.07) is 10.5. The molecule has 2 rings (SSSR count). The largest absolute Gasteiger partial charge is 1.00 e. The van der Waals surface area contributed by atoms with E-state index in [9.17, 15) is 18.1 Å². The molecule has 0 heterocycles. The predicted molar refractivity (Wildman–Crippen MR) is 127 cm³/mol. The van der Waals surface area contributed by atoms with E-state index in [1.165, 1.54) is 94.5 Å². The second-order valence-corrected chi connectivity index (χ2v) is 9.82. The summed E-state index contributed by atoms with van der Waals surface area (Å²) in [5.74, 6) is 0.378. The molecule has 0 aliphatic rings. The maximum absolute atomic E-state index is 12.2. The molecular formula is C26H37NaO5S. The van der Waals surface area contributed by atoms with Crippen LogP contribution in [-0.4, -0.2) is 13.0 Å². The molecule has 0 atom stereocenters. The third kappa shape index (κ3) is 11.8. The van der Waals surface area contributed by atoms with Crippen LogP contribution in [0.1, 0.15) is 89.5 Å². The van der Waals surface area contributed by atoms with Crippen LogP contribution in [0, 0.1) is 0 Å². The van der Waals surface area contributed by atoms with E-state index < -0.39 is 10.1 Å². The van der Waals surface area contributed by atoms with Crippen LogP contribution in [0.5, 0.6) is 17.2 Å². The van der Waals surface area contributed by atoms with Crippen LogP contribution in [0.4, 0.5) is 0 Å². The Kier molecular flexibility index (Phi) is 15.0. The molecule has 0 aliphatic heterocycles. The summed E-state index contributed by atoms with van der Waals surface area (Å²) in [6.07, 6.45) is 15.8. The van der Waals surface area contributed by atoms with E-state index in [1.807, 2.05) is 0 Å². The molecule has 0 fully saturated rings. The quantitative estimate of drug-likeness (QED) is 0.221. The fourth-order valence-electron chi connectivity index (χ4n) is 3.85. The van der Waals surface area contributed by atoms with Gasteiger partial charge in [0.1, 0.15) is 16.4 Å². The molecule has 0 aromatic heterocycles. The van der Waals surface area contributed by atoms with Gasteiger partial charge in [-0.3, -0.25) is 4.55 Å². The summed E-state index contributed by atoms with van der Waals surface area (Å²) in [4.78, 5) is -0.297. The van der Waals surface area contributed by atoms with Crippen molar-refractivity contribution in [2.24, 2.45) is 0 Å². The Labute approximate surface area is 222 Å². The molecule has 7 heteroatoms. The smallest absolute Gasteiger partial charge is 0.872 e. The third-order valence-electron chi connectivity index (χ3n) is 5.69. The van der Waals surface area contributed by atoms with Gasteiger partial charge in [-0.2, -0.15) is 8.42 Å². The monoisotopic (exact) mass is 484 g/mol.